The number of esters is 1. The molecule has 0 saturated heterocycles. The van der Waals surface area contributed by atoms with Crippen molar-refractivity contribution in [2.75, 3.05) is 6.61 Å². The summed E-state index contributed by atoms with van der Waals surface area (Å²) in [5.41, 5.74) is 0.603. The summed E-state index contributed by atoms with van der Waals surface area (Å²) in [5, 5.41) is 10.9. The molecule has 0 aliphatic carbocycles. The molecule has 0 atom stereocenters. The zero-order valence-corrected chi connectivity index (χ0v) is 13.6. The van der Waals surface area contributed by atoms with Gasteiger partial charge in [-0.3, -0.25) is 19.9 Å². The third kappa shape index (κ3) is 4.19. The van der Waals surface area contributed by atoms with Gasteiger partial charge in [0.05, 0.1) is 10.5 Å². The fraction of sp³-hybridized carbons (Fsp3) is 0.133. The van der Waals surface area contributed by atoms with Crippen molar-refractivity contribution in [3.8, 4) is 0 Å². The maximum absolute atomic E-state index is 12.0. The number of hydrogen-bond acceptors (Lipinski definition) is 6. The lowest BCUT2D eigenvalue weighted by Gasteiger charge is -2.05. The van der Waals surface area contributed by atoms with E-state index < -0.39 is 23.3 Å². The van der Waals surface area contributed by atoms with Crippen LogP contribution < -0.4 is 0 Å². The van der Waals surface area contributed by atoms with Crippen molar-refractivity contribution in [3.63, 3.8) is 0 Å². The van der Waals surface area contributed by atoms with Crippen LogP contribution in [0.3, 0.4) is 0 Å². The number of pyridine rings is 1. The van der Waals surface area contributed by atoms with E-state index in [0.29, 0.717) is 10.0 Å². The van der Waals surface area contributed by atoms with E-state index in [-0.39, 0.29) is 16.8 Å². The van der Waals surface area contributed by atoms with E-state index in [2.05, 4.69) is 20.9 Å². The van der Waals surface area contributed by atoms with Crippen molar-refractivity contribution >= 4 is 33.4 Å². The molecule has 0 amide bonds. The van der Waals surface area contributed by atoms with E-state index in [0.717, 1.165) is 0 Å². The highest BCUT2D eigenvalue weighted by Crippen LogP contribution is 2.19. The second-order valence-electron chi connectivity index (χ2n) is 4.65. The number of nitro groups is 1. The molecule has 118 valence electrons. The number of nitro benzene ring substituents is 1. The molecule has 2 rings (SSSR count). The van der Waals surface area contributed by atoms with Gasteiger partial charge in [-0.15, -0.1) is 0 Å². The summed E-state index contributed by atoms with van der Waals surface area (Å²) < 4.78 is 5.51. The Morgan fingerprint density at radius 2 is 2.00 bits per heavy atom. The lowest BCUT2D eigenvalue weighted by Crippen LogP contribution is -2.14. The van der Waals surface area contributed by atoms with Crippen molar-refractivity contribution in [3.05, 3.63) is 67.9 Å². The Morgan fingerprint density at radius 3 is 2.65 bits per heavy atom. The van der Waals surface area contributed by atoms with Crippen LogP contribution in [0.1, 0.15) is 26.3 Å². The fourth-order valence-electron chi connectivity index (χ4n) is 1.80. The maximum atomic E-state index is 12.0. The van der Waals surface area contributed by atoms with E-state index in [1.54, 1.807) is 6.92 Å². The number of nitrogens with zero attached hydrogens (tertiary/aromatic N) is 2. The summed E-state index contributed by atoms with van der Waals surface area (Å²) in [6.45, 7) is 1.07. The van der Waals surface area contributed by atoms with Gasteiger partial charge in [0.2, 0.25) is 5.78 Å². The molecule has 0 bridgehead atoms. The van der Waals surface area contributed by atoms with Crippen molar-refractivity contribution in [2.24, 2.45) is 0 Å². The van der Waals surface area contributed by atoms with Crippen LogP contribution in [0, 0.1) is 17.0 Å². The summed E-state index contributed by atoms with van der Waals surface area (Å²) in [6, 6.07) is 5.62. The van der Waals surface area contributed by atoms with E-state index in [1.165, 1.54) is 36.7 Å². The average molecular weight is 379 g/mol. The summed E-state index contributed by atoms with van der Waals surface area (Å²) in [4.78, 5) is 38.0. The molecule has 1 aromatic carbocycles. The predicted octanol–water partition coefficient (Wildman–Crippen LogP) is 3.10. The van der Waals surface area contributed by atoms with Crippen LogP contribution in [0.15, 0.2) is 41.1 Å². The topological polar surface area (TPSA) is 99.4 Å². The van der Waals surface area contributed by atoms with E-state index >= 15 is 0 Å². The van der Waals surface area contributed by atoms with Gasteiger partial charge in [-0.25, -0.2) is 4.79 Å². The Kier molecular flexibility index (Phi) is 5.17. The molecule has 1 heterocycles. The van der Waals surface area contributed by atoms with Crippen LogP contribution in [0.4, 0.5) is 5.69 Å². The predicted molar refractivity (Wildman–Crippen MR) is 84.4 cm³/mol. The van der Waals surface area contributed by atoms with Gasteiger partial charge in [-0.2, -0.15) is 0 Å². The Hall–Kier alpha value is -2.61. The molecular formula is C15H11BrN2O5. The van der Waals surface area contributed by atoms with Crippen LogP contribution in [0.5, 0.6) is 0 Å². The molecule has 0 saturated carbocycles. The van der Waals surface area contributed by atoms with Crippen LogP contribution in [-0.2, 0) is 4.74 Å². The SMILES string of the molecule is Cc1ccc(C(=O)COC(=O)c2cncc(Br)c2)cc1[N+](=O)[O-]. The number of rotatable bonds is 5. The standard InChI is InChI=1S/C15H11BrN2O5/c1-9-2-3-10(5-13(9)18(21)22)14(19)8-23-15(20)11-4-12(16)7-17-6-11/h2-7H,8H2,1H3. The van der Waals surface area contributed by atoms with Crippen molar-refractivity contribution in [2.45, 2.75) is 6.92 Å². The number of Topliss-reactive ketones (excluding diaryl/α,β-unsaturated/α-hetero) is 1. The van der Waals surface area contributed by atoms with Gasteiger partial charge in [-0.05, 0) is 28.9 Å². The normalized spacial score (nSPS) is 10.2. The molecule has 0 unspecified atom stereocenters. The zero-order valence-electron chi connectivity index (χ0n) is 12.0. The molecule has 0 radical (unpaired) electrons. The van der Waals surface area contributed by atoms with Crippen LogP contribution in [0.25, 0.3) is 0 Å². The summed E-state index contributed by atoms with van der Waals surface area (Å²) >= 11 is 3.17. The second-order valence-corrected chi connectivity index (χ2v) is 5.57. The molecule has 0 aliphatic heterocycles. The highest BCUT2D eigenvalue weighted by Gasteiger charge is 2.17. The van der Waals surface area contributed by atoms with Gasteiger partial charge in [0, 0.05) is 34.1 Å². The number of carbonyl (C=O) groups excluding carboxylic acids is 2. The largest absolute Gasteiger partial charge is 0.454 e. The first-order chi connectivity index (χ1) is 10.9. The number of aromatic nitrogens is 1. The average Bonchev–Trinajstić information content (AvgIpc) is 2.52. The maximum Gasteiger partial charge on any atom is 0.340 e. The van der Waals surface area contributed by atoms with Crippen molar-refractivity contribution in [1.29, 1.82) is 0 Å². The molecule has 8 heteroatoms. The zero-order chi connectivity index (χ0) is 17.0. The number of hydrogen-bond donors (Lipinski definition) is 0. The van der Waals surface area contributed by atoms with Crippen LogP contribution in [-0.4, -0.2) is 28.3 Å². The molecule has 0 aliphatic rings. The van der Waals surface area contributed by atoms with Gasteiger partial charge >= 0.3 is 5.97 Å². The smallest absolute Gasteiger partial charge is 0.340 e. The number of aryl methyl sites for hydroxylation is 1. The summed E-state index contributed by atoms with van der Waals surface area (Å²) in [6.07, 6.45) is 2.82. The molecule has 23 heavy (non-hydrogen) atoms. The molecule has 7 nitrogen and oxygen atoms in total. The van der Waals surface area contributed by atoms with Gasteiger partial charge in [0.15, 0.2) is 6.61 Å². The third-order valence-corrected chi connectivity index (χ3v) is 3.44. The molecule has 0 spiro atoms. The van der Waals surface area contributed by atoms with Crippen LogP contribution in [0.2, 0.25) is 0 Å². The number of ether oxygens (including phenoxy) is 1. The summed E-state index contributed by atoms with van der Waals surface area (Å²) in [5.74, 6) is -1.22. The van der Waals surface area contributed by atoms with Crippen molar-refractivity contribution in [1.82, 2.24) is 4.98 Å². The van der Waals surface area contributed by atoms with Gasteiger partial charge < -0.3 is 4.74 Å². The van der Waals surface area contributed by atoms with Crippen LogP contribution >= 0.6 is 15.9 Å². The van der Waals surface area contributed by atoms with E-state index in [9.17, 15) is 19.7 Å². The minimum atomic E-state index is -0.700. The Balaban J connectivity index is 2.06. The minimum Gasteiger partial charge on any atom is -0.454 e. The molecule has 1 aromatic heterocycles. The van der Waals surface area contributed by atoms with Gasteiger partial charge in [0.25, 0.3) is 5.69 Å². The first-order valence-corrected chi connectivity index (χ1v) is 7.23. The molecule has 0 fully saturated rings. The Bertz CT molecular complexity index is 791. The van der Waals surface area contributed by atoms with E-state index in [1.807, 2.05) is 0 Å². The number of ketones is 1. The lowest BCUT2D eigenvalue weighted by molar-refractivity contribution is -0.385. The van der Waals surface area contributed by atoms with E-state index in [4.69, 9.17) is 4.74 Å². The third-order valence-electron chi connectivity index (χ3n) is 3.00. The Morgan fingerprint density at radius 1 is 1.26 bits per heavy atom. The monoisotopic (exact) mass is 378 g/mol. The molecular weight excluding hydrogens is 368 g/mol. The summed E-state index contributed by atoms with van der Waals surface area (Å²) in [7, 11) is 0. The number of halogens is 1. The molecule has 2 aromatic rings. The molecule has 0 N–H and O–H groups in total. The van der Waals surface area contributed by atoms with Gasteiger partial charge in [-0.1, -0.05) is 12.1 Å². The first-order valence-electron chi connectivity index (χ1n) is 6.44. The fourth-order valence-corrected chi connectivity index (χ4v) is 2.17. The first kappa shape index (κ1) is 16.8. The van der Waals surface area contributed by atoms with Crippen molar-refractivity contribution < 1.29 is 19.2 Å². The van der Waals surface area contributed by atoms with Gasteiger partial charge in [0.1, 0.15) is 0 Å². The number of carbonyl (C=O) groups is 2. The second kappa shape index (κ2) is 7.10. The highest BCUT2D eigenvalue weighted by atomic mass is 79.9. The lowest BCUT2D eigenvalue weighted by atomic mass is 10.1. The highest BCUT2D eigenvalue weighted by molar-refractivity contribution is 9.10. The Labute approximate surface area is 139 Å². The number of benzene rings is 1. The minimum absolute atomic E-state index is 0.113. The quantitative estimate of drug-likeness (QED) is 0.343.